The van der Waals surface area contributed by atoms with Crippen LogP contribution in [0.15, 0.2) is 35.9 Å². The molecule has 13 heteroatoms. The molecule has 1 saturated carbocycles. The van der Waals surface area contributed by atoms with Crippen molar-refractivity contribution in [2.75, 3.05) is 35.4 Å². The van der Waals surface area contributed by atoms with E-state index in [9.17, 15) is 4.79 Å². The van der Waals surface area contributed by atoms with E-state index < -0.39 is 18.3 Å². The van der Waals surface area contributed by atoms with Crippen LogP contribution in [-0.2, 0) is 47.5 Å². The van der Waals surface area contributed by atoms with Crippen LogP contribution in [0.3, 0.4) is 0 Å². The van der Waals surface area contributed by atoms with Crippen LogP contribution in [0, 0.1) is 30.6 Å². The van der Waals surface area contributed by atoms with Gasteiger partial charge in [0.1, 0.15) is 29.4 Å². The number of carbonyl (C=O) groups is 2. The van der Waals surface area contributed by atoms with Gasteiger partial charge in [0.15, 0.2) is 18.4 Å². The number of nitrogens with zero attached hydrogens (tertiary/aromatic N) is 2. The summed E-state index contributed by atoms with van der Waals surface area (Å²) in [6.07, 6.45) is 5.37. The number of Topliss-reactive ketones (excluding diaryl/α,β-unsaturated/α-hetero) is 1. The number of allylic oxidation sites excluding steroid dienone is 2. The maximum absolute atomic E-state index is 15.2. The lowest BCUT2D eigenvalue weighted by atomic mass is 9.67. The van der Waals surface area contributed by atoms with Crippen molar-refractivity contribution in [3.63, 3.8) is 0 Å². The number of ether oxygens (including phenoxy) is 8. The van der Waals surface area contributed by atoms with Crippen molar-refractivity contribution in [2.24, 2.45) is 23.7 Å². The van der Waals surface area contributed by atoms with Gasteiger partial charge in [-0.15, -0.1) is 11.3 Å². The molecule has 342 valence electrons. The molecule has 0 amide bonds. The van der Waals surface area contributed by atoms with E-state index in [0.29, 0.717) is 12.5 Å². The van der Waals surface area contributed by atoms with Gasteiger partial charge < -0.3 is 42.8 Å². The molecule has 3 aliphatic carbocycles. The van der Waals surface area contributed by atoms with Crippen molar-refractivity contribution in [3.8, 4) is 10.6 Å². The second-order valence-corrected chi connectivity index (χ2v) is 20.2. The number of rotatable bonds is 10. The Kier molecular flexibility index (Phi) is 14.4. The molecule has 17 atom stereocenters. The number of hydrogen-bond donors (Lipinski definition) is 0. The zero-order chi connectivity index (χ0) is 44.0. The quantitative estimate of drug-likeness (QED) is 0.215. The largest absolute Gasteiger partial charge is 0.462 e. The Labute approximate surface area is 372 Å². The normalized spacial score (nSPS) is 40.1. The second-order valence-electron chi connectivity index (χ2n) is 19.1. The summed E-state index contributed by atoms with van der Waals surface area (Å²) in [7, 11) is 9.17. The number of aryl methyl sites for hydroxylation is 1. The monoisotopic (exact) mass is 878 g/mol. The van der Waals surface area contributed by atoms with Crippen molar-refractivity contribution >= 4 is 23.1 Å². The topological polar surface area (TPSA) is 124 Å². The first-order valence-corrected chi connectivity index (χ1v) is 24.0. The van der Waals surface area contributed by atoms with Gasteiger partial charge in [-0.1, -0.05) is 43.7 Å². The number of benzene rings is 1. The van der Waals surface area contributed by atoms with Crippen LogP contribution >= 0.6 is 11.3 Å². The Hall–Kier alpha value is -2.59. The van der Waals surface area contributed by atoms with E-state index in [1.54, 1.807) is 32.7 Å². The first kappa shape index (κ1) is 46.0. The van der Waals surface area contributed by atoms with Crippen molar-refractivity contribution in [1.29, 1.82) is 0 Å². The lowest BCUT2D eigenvalue weighted by Gasteiger charge is -2.44. The average molecular weight is 879 g/mol. The fraction of sp³-hybridized carbons (Fsp3) is 0.735. The van der Waals surface area contributed by atoms with Crippen molar-refractivity contribution in [1.82, 2.24) is 9.88 Å². The van der Waals surface area contributed by atoms with Crippen LogP contribution in [0.25, 0.3) is 10.6 Å². The maximum atomic E-state index is 15.2. The van der Waals surface area contributed by atoms with Crippen molar-refractivity contribution in [2.45, 2.75) is 172 Å². The second kappa shape index (κ2) is 19.5. The molecule has 0 spiro atoms. The van der Waals surface area contributed by atoms with Gasteiger partial charge in [0.25, 0.3) is 0 Å². The number of methoxy groups -OCH3 is 3. The van der Waals surface area contributed by atoms with Gasteiger partial charge >= 0.3 is 5.97 Å². The minimum absolute atomic E-state index is 0.00170. The molecule has 1 aromatic carbocycles. The van der Waals surface area contributed by atoms with E-state index in [0.717, 1.165) is 66.8 Å². The number of hydrogen-bond acceptors (Lipinski definition) is 13. The molecule has 6 aliphatic rings. The summed E-state index contributed by atoms with van der Waals surface area (Å²) in [4.78, 5) is 38.2. The van der Waals surface area contributed by atoms with Crippen LogP contribution in [0.2, 0.25) is 0 Å². The molecule has 1 aromatic heterocycles. The Morgan fingerprint density at radius 2 is 1.66 bits per heavy atom. The predicted octanol–water partition coefficient (Wildman–Crippen LogP) is 8.00. The standard InChI is InChI=1S/C49H70N2O10S/c1-11-30-16-13-17-38(61-40-19-18-37(51(6)7)27(4)57-40)26(3)43(53)36-23-33-32-21-31(60-49-46(56-10)45(55-9)44(54-8)28(5)58-49)22-35(32)42-47(41(33)34(36)24-39(52)59-30)62-48(50-42)29-15-12-14-25(2)20-29/h12,14-15,20,23,26-28,30-35,37-38,40-41,44-46,49H,11,13,16-19,21-22,24H2,1-10H3/t26-,27?,28?,30+,31+,32+,33+,34-,35-,37+,38+,40+,41-,44+,45?,46+,49+/m1/s1. The molecule has 8 rings (SSSR count). The van der Waals surface area contributed by atoms with Crippen LogP contribution in [-0.4, -0.2) is 125 Å². The highest BCUT2D eigenvalue weighted by Crippen LogP contribution is 2.63. The van der Waals surface area contributed by atoms with E-state index in [-0.39, 0.29) is 96.8 Å². The summed E-state index contributed by atoms with van der Waals surface area (Å²) in [6.45, 7) is 10.3. The van der Waals surface area contributed by atoms with Gasteiger partial charge in [0, 0.05) is 61.5 Å². The SMILES string of the molecule is CC[C@H]1CCC[C@H](O[C@H]2CC[C@H](N(C)C)C(C)O2)[C@@H](C)C(=O)C2=C[C@H]3[C@@H]4C[C@H](O[C@@H]5OC(C)[C@H](OC)C(OC)[C@@H]5OC)C[C@H]4c4nc(-c5cccc(C)c5)sc4[C@H]3[C@@H]2CC(=O)O1. The van der Waals surface area contributed by atoms with Crippen LogP contribution in [0.4, 0.5) is 0 Å². The summed E-state index contributed by atoms with van der Waals surface area (Å²) in [5.74, 6) is -0.846. The smallest absolute Gasteiger partial charge is 0.306 e. The molecule has 12 nitrogen and oxygen atoms in total. The summed E-state index contributed by atoms with van der Waals surface area (Å²) >= 11 is 1.72. The number of likely N-dealkylation sites (N-methyl/N-ethyl adjacent to an activating group) is 1. The Morgan fingerprint density at radius 3 is 2.35 bits per heavy atom. The fourth-order valence-electron chi connectivity index (χ4n) is 12.0. The minimum atomic E-state index is -0.660. The molecule has 4 heterocycles. The van der Waals surface area contributed by atoms with Gasteiger partial charge in [-0.25, -0.2) is 4.98 Å². The van der Waals surface area contributed by atoms with Crippen LogP contribution in [0.1, 0.15) is 113 Å². The molecule has 0 N–H and O–H groups in total. The van der Waals surface area contributed by atoms with Crippen LogP contribution in [0.5, 0.6) is 0 Å². The predicted molar refractivity (Wildman–Crippen MR) is 236 cm³/mol. The molecule has 3 saturated heterocycles. The minimum Gasteiger partial charge on any atom is -0.462 e. The summed E-state index contributed by atoms with van der Waals surface area (Å²) in [6, 6.07) is 8.81. The molecular formula is C49H70N2O10S. The van der Waals surface area contributed by atoms with Gasteiger partial charge in [0.2, 0.25) is 0 Å². The zero-order valence-corrected chi connectivity index (χ0v) is 39.3. The van der Waals surface area contributed by atoms with Gasteiger partial charge in [-0.3, -0.25) is 9.59 Å². The third-order valence-corrected chi connectivity index (χ3v) is 16.4. The van der Waals surface area contributed by atoms with Gasteiger partial charge in [-0.05, 0) is 110 Å². The summed E-state index contributed by atoms with van der Waals surface area (Å²) in [5.41, 5.74) is 4.04. The average Bonchev–Trinajstić information content (AvgIpc) is 3.97. The van der Waals surface area contributed by atoms with Gasteiger partial charge in [0.05, 0.1) is 36.5 Å². The number of esters is 1. The third kappa shape index (κ3) is 9.01. The highest BCUT2D eigenvalue weighted by atomic mass is 32.1. The Balaban J connectivity index is 1.14. The lowest BCUT2D eigenvalue weighted by molar-refractivity contribution is -0.314. The molecule has 3 unspecified atom stereocenters. The summed E-state index contributed by atoms with van der Waals surface area (Å²) in [5, 5.41) is 0.960. The lowest BCUT2D eigenvalue weighted by Crippen LogP contribution is -2.59. The van der Waals surface area contributed by atoms with Crippen molar-refractivity contribution < 1.29 is 47.5 Å². The van der Waals surface area contributed by atoms with E-state index in [4.69, 9.17) is 42.9 Å². The maximum Gasteiger partial charge on any atom is 0.306 e. The molecule has 62 heavy (non-hydrogen) atoms. The Morgan fingerprint density at radius 1 is 0.887 bits per heavy atom. The highest BCUT2D eigenvalue weighted by molar-refractivity contribution is 7.15. The number of thiazole rings is 1. The summed E-state index contributed by atoms with van der Waals surface area (Å²) < 4.78 is 50.6. The first-order valence-electron chi connectivity index (χ1n) is 23.2. The van der Waals surface area contributed by atoms with E-state index in [2.05, 4.69) is 70.1 Å². The van der Waals surface area contributed by atoms with E-state index in [1.165, 1.54) is 10.4 Å². The Bertz CT molecular complexity index is 1920. The fourth-order valence-corrected chi connectivity index (χ4v) is 13.3. The number of aromatic nitrogens is 1. The molecule has 2 aromatic rings. The van der Waals surface area contributed by atoms with Crippen molar-refractivity contribution in [3.05, 3.63) is 52.0 Å². The highest BCUT2D eigenvalue weighted by Gasteiger charge is 2.57. The van der Waals surface area contributed by atoms with Gasteiger partial charge in [-0.2, -0.15) is 0 Å². The van der Waals surface area contributed by atoms with E-state index >= 15 is 4.79 Å². The van der Waals surface area contributed by atoms with E-state index in [1.807, 2.05) is 13.8 Å². The molecule has 0 radical (unpaired) electrons. The molecular weight excluding hydrogens is 809 g/mol. The number of cyclic esters (lactones) is 1. The third-order valence-electron chi connectivity index (χ3n) is 15.2. The molecule has 4 fully saturated rings. The number of ketones is 1. The first-order chi connectivity index (χ1) is 29.8. The van der Waals surface area contributed by atoms with Crippen LogP contribution < -0.4 is 0 Å². The number of fused-ring (bicyclic) bond motifs is 8. The number of carbonyl (C=O) groups excluding carboxylic acids is 2. The molecule has 3 aliphatic heterocycles. The zero-order valence-electron chi connectivity index (χ0n) is 38.5. The molecule has 0 bridgehead atoms.